The van der Waals surface area contributed by atoms with Crippen LogP contribution in [0.25, 0.3) is 28.2 Å². The summed E-state index contributed by atoms with van der Waals surface area (Å²) in [5.74, 6) is 0.817. The summed E-state index contributed by atoms with van der Waals surface area (Å²) in [6.45, 7) is 4.00. The van der Waals surface area contributed by atoms with Crippen LogP contribution in [0.5, 0.6) is 6.01 Å². The van der Waals surface area contributed by atoms with E-state index in [4.69, 9.17) is 15.5 Å². The van der Waals surface area contributed by atoms with Gasteiger partial charge in [-0.2, -0.15) is 4.98 Å². The van der Waals surface area contributed by atoms with Gasteiger partial charge in [-0.15, -0.1) is 0 Å². The Morgan fingerprint density at radius 3 is 2.27 bits per heavy atom. The van der Waals surface area contributed by atoms with Crippen LogP contribution in [0.2, 0.25) is 0 Å². The summed E-state index contributed by atoms with van der Waals surface area (Å²) in [5, 5.41) is 0. The molecule has 5 rings (SSSR count). The molecule has 0 unspecified atom stereocenters. The molecule has 4 aromatic rings. The zero-order valence-corrected chi connectivity index (χ0v) is 17.7. The molecule has 0 saturated heterocycles. The van der Waals surface area contributed by atoms with Gasteiger partial charge < -0.3 is 10.5 Å². The number of nitrogens with zero attached hydrogens (tertiary/aromatic N) is 4. The lowest BCUT2D eigenvalue weighted by molar-refractivity contribution is 0.253. The molecule has 1 aliphatic rings. The van der Waals surface area contributed by atoms with E-state index in [-0.39, 0.29) is 5.54 Å². The fraction of sp³-hybridized carbons (Fsp3) is 0.292. The van der Waals surface area contributed by atoms with Gasteiger partial charge in [0.2, 0.25) is 0 Å². The molecule has 2 aromatic carbocycles. The number of imidazole rings is 1. The van der Waals surface area contributed by atoms with Crippen LogP contribution in [0.4, 0.5) is 0 Å². The second kappa shape index (κ2) is 8.24. The second-order valence-corrected chi connectivity index (χ2v) is 7.26. The average Bonchev–Trinajstić information content (AvgIpc) is 3.18. The van der Waals surface area contributed by atoms with Crippen LogP contribution < -0.4 is 10.5 Å². The highest BCUT2D eigenvalue weighted by Gasteiger charge is 2.34. The Balaban J connectivity index is 0.00000106. The zero-order valence-electron chi connectivity index (χ0n) is 17.7. The SMILES string of the molecule is CC.COc1ncc2nc(-c3ccccc3)n(-c3ccc(C4(N)CCC4)cc3)c2n1. The van der Waals surface area contributed by atoms with E-state index in [1.54, 1.807) is 13.3 Å². The molecule has 1 aliphatic carbocycles. The van der Waals surface area contributed by atoms with Crippen LogP contribution in [0, 0.1) is 0 Å². The molecule has 2 N–H and O–H groups in total. The van der Waals surface area contributed by atoms with E-state index in [0.29, 0.717) is 11.7 Å². The molecule has 0 aliphatic heterocycles. The Bertz CT molecular complexity index is 1130. The Morgan fingerprint density at radius 2 is 1.67 bits per heavy atom. The van der Waals surface area contributed by atoms with E-state index in [9.17, 15) is 0 Å². The minimum Gasteiger partial charge on any atom is -0.467 e. The van der Waals surface area contributed by atoms with Gasteiger partial charge in [-0.1, -0.05) is 56.3 Å². The molecule has 6 nitrogen and oxygen atoms in total. The fourth-order valence-corrected chi connectivity index (χ4v) is 3.77. The Hall–Kier alpha value is -3.25. The number of fused-ring (bicyclic) bond motifs is 1. The third-order valence-corrected chi connectivity index (χ3v) is 5.54. The highest BCUT2D eigenvalue weighted by molar-refractivity contribution is 5.79. The van der Waals surface area contributed by atoms with E-state index < -0.39 is 0 Å². The largest absolute Gasteiger partial charge is 0.467 e. The van der Waals surface area contributed by atoms with Crippen molar-refractivity contribution in [1.82, 2.24) is 19.5 Å². The van der Waals surface area contributed by atoms with Gasteiger partial charge in [0.15, 0.2) is 5.65 Å². The molecule has 6 heteroatoms. The predicted molar refractivity (Wildman–Crippen MR) is 120 cm³/mol. The van der Waals surface area contributed by atoms with Gasteiger partial charge in [0.05, 0.1) is 13.3 Å². The number of ether oxygens (including phenoxy) is 1. The number of benzene rings is 2. The third kappa shape index (κ3) is 3.44. The van der Waals surface area contributed by atoms with Crippen LogP contribution in [-0.4, -0.2) is 26.6 Å². The van der Waals surface area contributed by atoms with Gasteiger partial charge >= 0.3 is 6.01 Å². The summed E-state index contributed by atoms with van der Waals surface area (Å²) >= 11 is 0. The first-order valence-corrected chi connectivity index (χ1v) is 10.4. The van der Waals surface area contributed by atoms with Crippen molar-refractivity contribution < 1.29 is 4.74 Å². The van der Waals surface area contributed by atoms with Crippen molar-refractivity contribution in [2.24, 2.45) is 5.73 Å². The van der Waals surface area contributed by atoms with E-state index in [2.05, 4.69) is 34.2 Å². The summed E-state index contributed by atoms with van der Waals surface area (Å²) < 4.78 is 7.28. The molecular formula is C24H27N5O. The fourth-order valence-electron chi connectivity index (χ4n) is 3.77. The van der Waals surface area contributed by atoms with E-state index >= 15 is 0 Å². The molecule has 1 fully saturated rings. The number of nitrogens with two attached hydrogens (primary N) is 1. The van der Waals surface area contributed by atoms with Crippen LogP contribution in [0.1, 0.15) is 38.7 Å². The maximum atomic E-state index is 6.49. The van der Waals surface area contributed by atoms with E-state index in [1.165, 1.54) is 12.0 Å². The molecule has 0 radical (unpaired) electrons. The van der Waals surface area contributed by atoms with E-state index in [1.807, 2.05) is 48.7 Å². The lowest BCUT2D eigenvalue weighted by atomic mass is 9.73. The third-order valence-electron chi connectivity index (χ3n) is 5.54. The maximum Gasteiger partial charge on any atom is 0.318 e. The zero-order chi connectivity index (χ0) is 21.1. The minimum atomic E-state index is -0.177. The lowest BCUT2D eigenvalue weighted by Crippen LogP contribution is -2.43. The first-order valence-electron chi connectivity index (χ1n) is 10.4. The molecule has 154 valence electrons. The number of methoxy groups -OCH3 is 1. The van der Waals surface area contributed by atoms with Gasteiger partial charge in [0, 0.05) is 16.8 Å². The number of hydrogen-bond donors (Lipinski definition) is 1. The second-order valence-electron chi connectivity index (χ2n) is 7.26. The van der Waals surface area contributed by atoms with Crippen molar-refractivity contribution in [1.29, 1.82) is 0 Å². The standard InChI is InChI=1S/C22H21N5O.C2H6/c1-28-21-24-14-18-20(26-21)27(19(25-18)15-6-3-2-4-7-15)17-10-8-16(9-11-17)22(23)12-5-13-22;1-2/h2-4,6-11,14H,5,12-13,23H2,1H3;1-2H3. The van der Waals surface area contributed by atoms with Crippen molar-refractivity contribution in [2.45, 2.75) is 38.6 Å². The molecule has 1 saturated carbocycles. The number of hydrogen-bond acceptors (Lipinski definition) is 5. The molecular weight excluding hydrogens is 374 g/mol. The predicted octanol–water partition coefficient (Wildman–Crippen LogP) is 4.86. The molecule has 2 aromatic heterocycles. The van der Waals surface area contributed by atoms with Crippen LogP contribution in [0.15, 0.2) is 60.8 Å². The highest BCUT2D eigenvalue weighted by atomic mass is 16.5. The summed E-state index contributed by atoms with van der Waals surface area (Å²) in [6, 6.07) is 18.8. The van der Waals surface area contributed by atoms with Gasteiger partial charge in [-0.05, 0) is 37.0 Å². The highest BCUT2D eigenvalue weighted by Crippen LogP contribution is 2.39. The molecule has 0 atom stereocenters. The summed E-state index contributed by atoms with van der Waals surface area (Å²) in [5.41, 5.74) is 10.9. The molecule has 2 heterocycles. The van der Waals surface area contributed by atoms with Crippen molar-refractivity contribution >= 4 is 11.2 Å². The molecule has 0 spiro atoms. The average molecular weight is 402 g/mol. The summed E-state index contributed by atoms with van der Waals surface area (Å²) in [4.78, 5) is 13.6. The Kier molecular flexibility index (Phi) is 5.50. The quantitative estimate of drug-likeness (QED) is 0.528. The maximum absolute atomic E-state index is 6.49. The first-order chi connectivity index (χ1) is 14.7. The topological polar surface area (TPSA) is 78.9 Å². The smallest absolute Gasteiger partial charge is 0.318 e. The summed E-state index contributed by atoms with van der Waals surface area (Å²) in [7, 11) is 1.56. The number of aromatic nitrogens is 4. The monoisotopic (exact) mass is 401 g/mol. The van der Waals surface area contributed by atoms with Crippen LogP contribution in [-0.2, 0) is 5.54 Å². The number of rotatable bonds is 4. The van der Waals surface area contributed by atoms with Crippen molar-refractivity contribution in [3.63, 3.8) is 0 Å². The van der Waals surface area contributed by atoms with Gasteiger partial charge in [-0.3, -0.25) is 4.57 Å². The molecule has 0 amide bonds. The Labute approximate surface area is 176 Å². The van der Waals surface area contributed by atoms with Gasteiger partial charge in [0.1, 0.15) is 11.3 Å². The Morgan fingerprint density at radius 1 is 0.967 bits per heavy atom. The van der Waals surface area contributed by atoms with Crippen molar-refractivity contribution in [3.05, 3.63) is 66.4 Å². The van der Waals surface area contributed by atoms with Crippen molar-refractivity contribution in [3.8, 4) is 23.1 Å². The van der Waals surface area contributed by atoms with Crippen LogP contribution >= 0.6 is 0 Å². The van der Waals surface area contributed by atoms with Gasteiger partial charge in [0.25, 0.3) is 0 Å². The first kappa shape index (κ1) is 20.0. The molecule has 0 bridgehead atoms. The summed E-state index contributed by atoms with van der Waals surface area (Å²) in [6.07, 6.45) is 4.97. The van der Waals surface area contributed by atoms with Crippen LogP contribution in [0.3, 0.4) is 0 Å². The van der Waals surface area contributed by atoms with Crippen molar-refractivity contribution in [2.75, 3.05) is 7.11 Å². The van der Waals surface area contributed by atoms with Gasteiger partial charge in [-0.25, -0.2) is 9.97 Å². The normalized spacial score (nSPS) is 14.5. The minimum absolute atomic E-state index is 0.177. The molecule has 30 heavy (non-hydrogen) atoms. The lowest BCUT2D eigenvalue weighted by Gasteiger charge is -2.38. The van der Waals surface area contributed by atoms with E-state index in [0.717, 1.165) is 35.4 Å².